The lowest BCUT2D eigenvalue weighted by Crippen LogP contribution is -2.26. The van der Waals surface area contributed by atoms with Crippen molar-refractivity contribution >= 4 is 13.2 Å². The predicted molar refractivity (Wildman–Crippen MR) is 65.2 cm³/mol. The third-order valence-corrected chi connectivity index (χ3v) is 2.58. The van der Waals surface area contributed by atoms with E-state index in [0.29, 0.717) is 0 Å². The van der Waals surface area contributed by atoms with E-state index in [1.807, 2.05) is 13.8 Å². The van der Waals surface area contributed by atoms with Crippen LogP contribution in [0.4, 0.5) is 0 Å². The van der Waals surface area contributed by atoms with Crippen molar-refractivity contribution < 1.29 is 9.53 Å². The molecule has 0 spiro atoms. The zero-order valence-corrected chi connectivity index (χ0v) is 10.6. The van der Waals surface area contributed by atoms with Crippen molar-refractivity contribution in [3.8, 4) is 0 Å². The van der Waals surface area contributed by atoms with Crippen LogP contribution in [0.5, 0.6) is 0 Å². The van der Waals surface area contributed by atoms with E-state index >= 15 is 0 Å². The molecule has 85 valence electrons. The molecule has 1 radical (unpaired) electrons. The van der Waals surface area contributed by atoms with Gasteiger partial charge in [-0.1, -0.05) is 45.1 Å². The van der Waals surface area contributed by atoms with Crippen molar-refractivity contribution in [2.45, 2.75) is 46.8 Å². The van der Waals surface area contributed by atoms with Crippen LogP contribution in [0.15, 0.2) is 11.6 Å². The van der Waals surface area contributed by atoms with E-state index in [1.54, 1.807) is 0 Å². The van der Waals surface area contributed by atoms with Crippen LogP contribution in [0.3, 0.4) is 0 Å². The molecule has 2 nitrogen and oxygen atoms in total. The van der Waals surface area contributed by atoms with Gasteiger partial charge in [0.2, 0.25) is 0 Å². The summed E-state index contributed by atoms with van der Waals surface area (Å²) >= 11 is 0. The highest BCUT2D eigenvalue weighted by molar-refractivity contribution is 6.37. The van der Waals surface area contributed by atoms with Gasteiger partial charge in [-0.25, -0.2) is 0 Å². The smallest absolute Gasteiger partial charge is 0.310 e. The molecule has 0 aliphatic heterocycles. The van der Waals surface area contributed by atoms with Crippen LogP contribution in [0, 0.1) is 5.41 Å². The fourth-order valence-corrected chi connectivity index (χ4v) is 1.23. The molecular weight excluding hydrogens is 187 g/mol. The summed E-state index contributed by atoms with van der Waals surface area (Å²) in [6.45, 7) is 8.08. The minimum absolute atomic E-state index is 0.144. The number of ether oxygens (including phenoxy) is 1. The Morgan fingerprint density at radius 3 is 2.53 bits per heavy atom. The van der Waals surface area contributed by atoms with Crippen molar-refractivity contribution in [2.75, 3.05) is 7.11 Å². The average Bonchev–Trinajstić information content (AvgIpc) is 2.22. The Labute approximate surface area is 94.3 Å². The Hall–Kier alpha value is -0.725. The monoisotopic (exact) mass is 209 g/mol. The molecule has 3 heteroatoms. The zero-order chi connectivity index (χ0) is 11.9. The molecule has 0 saturated carbocycles. The first kappa shape index (κ1) is 14.3. The van der Waals surface area contributed by atoms with Crippen molar-refractivity contribution in [2.24, 2.45) is 5.41 Å². The SMILES string of the molecule is CC/C(C)=C/C[B]CC(C)(C)C(=O)OC. The van der Waals surface area contributed by atoms with Gasteiger partial charge in [0, 0.05) is 0 Å². The van der Waals surface area contributed by atoms with Gasteiger partial charge in [0.05, 0.1) is 12.5 Å². The van der Waals surface area contributed by atoms with E-state index < -0.39 is 5.41 Å². The largest absolute Gasteiger partial charge is 0.469 e. The molecule has 0 unspecified atom stereocenters. The first-order valence-electron chi connectivity index (χ1n) is 5.49. The molecule has 0 heterocycles. The van der Waals surface area contributed by atoms with Gasteiger partial charge in [-0.2, -0.15) is 0 Å². The van der Waals surface area contributed by atoms with Crippen LogP contribution in [0.1, 0.15) is 34.1 Å². The number of allylic oxidation sites excluding steroid dienone is 2. The van der Waals surface area contributed by atoms with Gasteiger partial charge < -0.3 is 4.74 Å². The molecule has 15 heavy (non-hydrogen) atoms. The second kappa shape index (κ2) is 6.70. The van der Waals surface area contributed by atoms with E-state index in [4.69, 9.17) is 4.74 Å². The van der Waals surface area contributed by atoms with Gasteiger partial charge in [0.25, 0.3) is 0 Å². The second-order valence-electron chi connectivity index (χ2n) is 4.51. The third kappa shape index (κ3) is 5.65. The molecule has 0 rings (SSSR count). The lowest BCUT2D eigenvalue weighted by atomic mass is 9.62. The summed E-state index contributed by atoms with van der Waals surface area (Å²) in [4.78, 5) is 11.4. The molecule has 0 atom stereocenters. The van der Waals surface area contributed by atoms with E-state index in [0.717, 1.165) is 19.1 Å². The summed E-state index contributed by atoms with van der Waals surface area (Å²) in [5.74, 6) is -0.144. The minimum Gasteiger partial charge on any atom is -0.469 e. The van der Waals surface area contributed by atoms with Gasteiger partial charge in [0.15, 0.2) is 0 Å². The highest BCUT2D eigenvalue weighted by Gasteiger charge is 2.27. The van der Waals surface area contributed by atoms with Crippen LogP contribution in [-0.2, 0) is 9.53 Å². The standard InChI is InChI=1S/C12H22BO2/c1-6-10(2)7-8-13-9-12(3,4)11(14)15-5/h7H,6,8-9H2,1-5H3/b10-7+. The normalized spacial score (nSPS) is 12.5. The molecule has 0 aromatic rings. The Morgan fingerprint density at radius 2 is 2.07 bits per heavy atom. The average molecular weight is 209 g/mol. The summed E-state index contributed by atoms with van der Waals surface area (Å²) in [6.07, 6.45) is 4.98. The molecule has 0 N–H and O–H groups in total. The molecule has 0 aromatic heterocycles. The molecule has 0 aliphatic carbocycles. The predicted octanol–water partition coefficient (Wildman–Crippen LogP) is 3.08. The van der Waals surface area contributed by atoms with Crippen LogP contribution in [0.25, 0.3) is 0 Å². The topological polar surface area (TPSA) is 26.3 Å². The fraction of sp³-hybridized carbons (Fsp3) is 0.750. The Balaban J connectivity index is 3.90. The highest BCUT2D eigenvalue weighted by Crippen LogP contribution is 2.22. The minimum atomic E-state index is -0.400. The quantitative estimate of drug-likeness (QED) is 0.291. The number of carbonyl (C=O) groups is 1. The van der Waals surface area contributed by atoms with E-state index in [1.165, 1.54) is 12.7 Å². The molecular formula is C12H22BO2. The Bertz CT molecular complexity index is 232. The summed E-state index contributed by atoms with van der Waals surface area (Å²) in [5.41, 5.74) is 0.991. The lowest BCUT2D eigenvalue weighted by Gasteiger charge is -2.20. The van der Waals surface area contributed by atoms with Crippen LogP contribution < -0.4 is 0 Å². The van der Waals surface area contributed by atoms with Gasteiger partial charge in [0.1, 0.15) is 7.28 Å². The van der Waals surface area contributed by atoms with E-state index in [2.05, 4.69) is 27.2 Å². The number of carbonyl (C=O) groups excluding carboxylic acids is 1. The van der Waals surface area contributed by atoms with E-state index in [9.17, 15) is 4.79 Å². The maximum atomic E-state index is 11.4. The number of methoxy groups -OCH3 is 1. The third-order valence-electron chi connectivity index (χ3n) is 2.58. The van der Waals surface area contributed by atoms with Gasteiger partial charge >= 0.3 is 5.97 Å². The first-order chi connectivity index (χ1) is 6.94. The van der Waals surface area contributed by atoms with Crippen LogP contribution in [0.2, 0.25) is 12.6 Å². The van der Waals surface area contributed by atoms with Crippen molar-refractivity contribution in [1.29, 1.82) is 0 Å². The molecule has 0 aliphatic rings. The maximum absolute atomic E-state index is 11.4. The second-order valence-corrected chi connectivity index (χ2v) is 4.51. The van der Waals surface area contributed by atoms with E-state index in [-0.39, 0.29) is 5.97 Å². The molecule has 0 saturated heterocycles. The fourth-order valence-electron chi connectivity index (χ4n) is 1.23. The molecule has 0 fully saturated rings. The Morgan fingerprint density at radius 1 is 1.47 bits per heavy atom. The molecule has 0 aromatic carbocycles. The number of hydrogen-bond donors (Lipinski definition) is 0. The number of esters is 1. The van der Waals surface area contributed by atoms with Crippen molar-refractivity contribution in [3.63, 3.8) is 0 Å². The van der Waals surface area contributed by atoms with Gasteiger partial charge in [-0.15, -0.1) is 0 Å². The summed E-state index contributed by atoms with van der Waals surface area (Å²) in [6, 6.07) is 0. The van der Waals surface area contributed by atoms with Crippen molar-refractivity contribution in [1.82, 2.24) is 0 Å². The zero-order valence-electron chi connectivity index (χ0n) is 10.6. The summed E-state index contributed by atoms with van der Waals surface area (Å²) < 4.78 is 4.74. The summed E-state index contributed by atoms with van der Waals surface area (Å²) in [7, 11) is 3.57. The Kier molecular flexibility index (Phi) is 6.38. The lowest BCUT2D eigenvalue weighted by molar-refractivity contribution is -0.149. The molecule has 0 bridgehead atoms. The van der Waals surface area contributed by atoms with Gasteiger partial charge in [-0.3, -0.25) is 4.79 Å². The van der Waals surface area contributed by atoms with Gasteiger partial charge in [-0.05, 0) is 13.3 Å². The maximum Gasteiger partial charge on any atom is 0.310 e. The van der Waals surface area contributed by atoms with Crippen LogP contribution in [-0.4, -0.2) is 20.4 Å². The number of hydrogen-bond acceptors (Lipinski definition) is 2. The van der Waals surface area contributed by atoms with Crippen LogP contribution >= 0.6 is 0 Å². The van der Waals surface area contributed by atoms with Crippen molar-refractivity contribution in [3.05, 3.63) is 11.6 Å². The summed E-state index contributed by atoms with van der Waals surface area (Å²) in [5, 5.41) is 0. The highest BCUT2D eigenvalue weighted by atomic mass is 16.5. The first-order valence-corrected chi connectivity index (χ1v) is 5.49. The molecule has 0 amide bonds. The number of rotatable bonds is 6.